The average molecular weight is 356 g/mol. The van der Waals surface area contributed by atoms with Gasteiger partial charge in [-0.05, 0) is 26.3 Å². The smallest absolute Gasteiger partial charge is 0.217 e. The maximum Gasteiger partial charge on any atom is 0.217 e. The summed E-state index contributed by atoms with van der Waals surface area (Å²) in [4.78, 5) is 0.909. The van der Waals surface area contributed by atoms with Crippen LogP contribution in [0, 0.1) is 20.8 Å². The van der Waals surface area contributed by atoms with E-state index in [9.17, 15) is 0 Å². The Kier molecular flexibility index (Phi) is 3.90. The molecule has 0 N–H and O–H groups in total. The lowest BCUT2D eigenvalue weighted by Gasteiger charge is -2.04. The minimum atomic E-state index is 0.769. The summed E-state index contributed by atoms with van der Waals surface area (Å²) >= 11 is 3.26. The number of hydrogen-bond donors (Lipinski definition) is 0. The standard InChI is InChI=1S/C17H16N4OS2/c1-10-4-6-13(7-5-10)15-9-24-17-19-18-16(21(15)17)23-8-14-11(2)20-22-12(14)3/h4-7,9H,8H2,1-3H3. The summed E-state index contributed by atoms with van der Waals surface area (Å²) in [6.07, 6.45) is 0. The van der Waals surface area contributed by atoms with Gasteiger partial charge in [-0.2, -0.15) is 0 Å². The van der Waals surface area contributed by atoms with Gasteiger partial charge in [-0.15, -0.1) is 21.5 Å². The van der Waals surface area contributed by atoms with Crippen molar-refractivity contribution in [3.8, 4) is 11.3 Å². The van der Waals surface area contributed by atoms with E-state index in [-0.39, 0.29) is 0 Å². The summed E-state index contributed by atoms with van der Waals surface area (Å²) in [5.41, 5.74) is 5.61. The molecule has 4 aromatic rings. The molecule has 0 aliphatic heterocycles. The zero-order valence-corrected chi connectivity index (χ0v) is 15.2. The quantitative estimate of drug-likeness (QED) is 0.498. The number of aromatic nitrogens is 4. The number of hydrogen-bond acceptors (Lipinski definition) is 6. The van der Waals surface area contributed by atoms with Gasteiger partial charge in [0.15, 0.2) is 5.16 Å². The monoisotopic (exact) mass is 356 g/mol. The van der Waals surface area contributed by atoms with Crippen LogP contribution in [0.1, 0.15) is 22.6 Å². The van der Waals surface area contributed by atoms with Gasteiger partial charge < -0.3 is 4.52 Å². The van der Waals surface area contributed by atoms with Crippen LogP contribution in [0.5, 0.6) is 0 Å². The lowest BCUT2D eigenvalue weighted by atomic mass is 10.1. The van der Waals surface area contributed by atoms with E-state index in [1.807, 2.05) is 13.8 Å². The number of fused-ring (bicyclic) bond motifs is 1. The topological polar surface area (TPSA) is 56.2 Å². The number of rotatable bonds is 4. The van der Waals surface area contributed by atoms with Crippen molar-refractivity contribution in [2.24, 2.45) is 0 Å². The molecule has 0 spiro atoms. The first-order valence-corrected chi connectivity index (χ1v) is 9.44. The summed E-state index contributed by atoms with van der Waals surface area (Å²) in [7, 11) is 0. The van der Waals surface area contributed by atoms with Crippen molar-refractivity contribution in [1.29, 1.82) is 0 Å². The first-order valence-electron chi connectivity index (χ1n) is 7.57. The maximum atomic E-state index is 5.24. The molecule has 3 aromatic heterocycles. The van der Waals surface area contributed by atoms with Crippen LogP contribution in [0.3, 0.4) is 0 Å². The van der Waals surface area contributed by atoms with Crippen LogP contribution in [0.4, 0.5) is 0 Å². The largest absolute Gasteiger partial charge is 0.361 e. The molecule has 0 bridgehead atoms. The van der Waals surface area contributed by atoms with Crippen LogP contribution in [-0.4, -0.2) is 19.8 Å². The number of benzene rings is 1. The molecule has 7 heteroatoms. The Balaban J connectivity index is 1.69. The third kappa shape index (κ3) is 2.63. The molecule has 0 radical (unpaired) electrons. The lowest BCUT2D eigenvalue weighted by Crippen LogP contribution is -1.91. The second-order valence-corrected chi connectivity index (χ2v) is 7.46. The average Bonchev–Trinajstić information content (AvgIpc) is 3.24. The summed E-state index contributed by atoms with van der Waals surface area (Å²) < 4.78 is 7.36. The van der Waals surface area contributed by atoms with Crippen LogP contribution >= 0.6 is 23.1 Å². The second-order valence-electron chi connectivity index (χ2n) is 5.68. The van der Waals surface area contributed by atoms with Crippen LogP contribution < -0.4 is 0 Å². The van der Waals surface area contributed by atoms with Gasteiger partial charge in [0.05, 0.1) is 11.4 Å². The Morgan fingerprint density at radius 2 is 1.92 bits per heavy atom. The van der Waals surface area contributed by atoms with Crippen molar-refractivity contribution in [2.45, 2.75) is 31.7 Å². The molecule has 3 heterocycles. The fraction of sp³-hybridized carbons (Fsp3) is 0.235. The fourth-order valence-corrected chi connectivity index (χ4v) is 4.55. The number of thioether (sulfide) groups is 1. The van der Waals surface area contributed by atoms with Crippen molar-refractivity contribution >= 4 is 28.1 Å². The summed E-state index contributed by atoms with van der Waals surface area (Å²) in [5.74, 6) is 1.63. The van der Waals surface area contributed by atoms with Gasteiger partial charge in [-0.25, -0.2) is 0 Å². The van der Waals surface area contributed by atoms with Gasteiger partial charge in [0.25, 0.3) is 0 Å². The molecule has 0 fully saturated rings. The molecule has 0 atom stereocenters. The zero-order chi connectivity index (χ0) is 16.7. The Labute approximate surface area is 147 Å². The summed E-state index contributed by atoms with van der Waals surface area (Å²) in [6, 6.07) is 8.53. The molecule has 0 saturated heterocycles. The van der Waals surface area contributed by atoms with E-state index in [0.29, 0.717) is 0 Å². The van der Waals surface area contributed by atoms with Crippen molar-refractivity contribution in [2.75, 3.05) is 0 Å². The van der Waals surface area contributed by atoms with Crippen molar-refractivity contribution < 1.29 is 4.52 Å². The zero-order valence-electron chi connectivity index (χ0n) is 13.6. The highest BCUT2D eigenvalue weighted by Gasteiger charge is 2.16. The number of thiazole rings is 1. The molecule has 4 rings (SSSR count). The van der Waals surface area contributed by atoms with E-state index in [2.05, 4.69) is 56.3 Å². The van der Waals surface area contributed by atoms with Crippen LogP contribution in [0.15, 0.2) is 39.3 Å². The Bertz CT molecular complexity index is 978. The molecule has 0 aliphatic carbocycles. The molecule has 24 heavy (non-hydrogen) atoms. The van der Waals surface area contributed by atoms with Crippen LogP contribution in [0.2, 0.25) is 0 Å². The van der Waals surface area contributed by atoms with Gasteiger partial charge in [-0.1, -0.05) is 46.7 Å². The molecule has 0 saturated carbocycles. The fourth-order valence-electron chi connectivity index (χ4n) is 2.56. The molecule has 122 valence electrons. The first-order chi connectivity index (χ1) is 11.6. The van der Waals surface area contributed by atoms with E-state index in [1.54, 1.807) is 23.1 Å². The third-order valence-corrected chi connectivity index (χ3v) is 5.77. The highest BCUT2D eigenvalue weighted by Crippen LogP contribution is 2.32. The van der Waals surface area contributed by atoms with Gasteiger partial charge >= 0.3 is 0 Å². The van der Waals surface area contributed by atoms with Gasteiger partial charge in [0, 0.05) is 16.7 Å². The first kappa shape index (κ1) is 15.4. The van der Waals surface area contributed by atoms with Gasteiger partial charge in [0.2, 0.25) is 4.96 Å². The Hall–Kier alpha value is -2.12. The lowest BCUT2D eigenvalue weighted by molar-refractivity contribution is 0.392. The van der Waals surface area contributed by atoms with E-state index >= 15 is 0 Å². The van der Waals surface area contributed by atoms with Crippen LogP contribution in [-0.2, 0) is 5.75 Å². The van der Waals surface area contributed by atoms with Gasteiger partial charge in [0.1, 0.15) is 5.76 Å². The third-order valence-electron chi connectivity index (χ3n) is 3.99. The van der Waals surface area contributed by atoms with Crippen molar-refractivity contribution in [3.05, 3.63) is 52.2 Å². The molecular weight excluding hydrogens is 340 g/mol. The molecular formula is C17H16N4OS2. The number of aryl methyl sites for hydroxylation is 3. The van der Waals surface area contributed by atoms with Crippen molar-refractivity contribution in [1.82, 2.24) is 19.8 Å². The minimum absolute atomic E-state index is 0.769. The highest BCUT2D eigenvalue weighted by molar-refractivity contribution is 7.98. The van der Waals surface area contributed by atoms with E-state index in [0.717, 1.165) is 38.6 Å². The number of nitrogens with zero attached hydrogens (tertiary/aromatic N) is 4. The highest BCUT2D eigenvalue weighted by atomic mass is 32.2. The van der Waals surface area contributed by atoms with E-state index in [4.69, 9.17) is 4.52 Å². The van der Waals surface area contributed by atoms with E-state index < -0.39 is 0 Å². The predicted octanol–water partition coefficient (Wildman–Crippen LogP) is 4.66. The maximum absolute atomic E-state index is 5.24. The SMILES string of the molecule is Cc1ccc(-c2csc3nnc(SCc4c(C)noc4C)n23)cc1. The molecule has 0 aliphatic rings. The molecule has 0 amide bonds. The van der Waals surface area contributed by atoms with Crippen molar-refractivity contribution in [3.63, 3.8) is 0 Å². The van der Waals surface area contributed by atoms with Crippen LogP contribution in [0.25, 0.3) is 16.2 Å². The minimum Gasteiger partial charge on any atom is -0.361 e. The van der Waals surface area contributed by atoms with Gasteiger partial charge in [-0.3, -0.25) is 4.40 Å². The molecule has 0 unspecified atom stereocenters. The predicted molar refractivity (Wildman–Crippen MR) is 96.6 cm³/mol. The summed E-state index contributed by atoms with van der Waals surface area (Å²) in [6.45, 7) is 6.00. The Morgan fingerprint density at radius 1 is 1.12 bits per heavy atom. The summed E-state index contributed by atoms with van der Waals surface area (Å²) in [5, 5.41) is 15.7. The second kappa shape index (κ2) is 6.07. The molecule has 1 aromatic carbocycles. The van der Waals surface area contributed by atoms with E-state index in [1.165, 1.54) is 11.1 Å². The molecule has 5 nitrogen and oxygen atoms in total. The Morgan fingerprint density at radius 3 is 2.62 bits per heavy atom. The normalized spacial score (nSPS) is 11.5.